The van der Waals surface area contributed by atoms with Crippen molar-refractivity contribution in [1.82, 2.24) is 19.7 Å². The monoisotopic (exact) mass is 332 g/mol. The average molecular weight is 332 g/mol. The quantitative estimate of drug-likeness (QED) is 0.912. The molecule has 6 heteroatoms. The number of hydrogen-bond acceptors (Lipinski definition) is 5. The fourth-order valence-electron chi connectivity index (χ4n) is 3.86. The van der Waals surface area contributed by atoms with E-state index >= 15 is 0 Å². The molecule has 124 valence electrons. The summed E-state index contributed by atoms with van der Waals surface area (Å²) in [4.78, 5) is 8.90. The molecule has 0 bridgehead atoms. The fraction of sp³-hybridized carbons (Fsp3) is 0.647. The number of hydrogen-bond donors (Lipinski definition) is 1. The van der Waals surface area contributed by atoms with Crippen molar-refractivity contribution in [3.8, 4) is 0 Å². The van der Waals surface area contributed by atoms with Gasteiger partial charge in [0.15, 0.2) is 0 Å². The van der Waals surface area contributed by atoms with Crippen molar-refractivity contribution < 1.29 is 5.11 Å². The topological polar surface area (TPSA) is 54.2 Å². The Morgan fingerprint density at radius 2 is 2.13 bits per heavy atom. The molecule has 0 saturated carbocycles. The van der Waals surface area contributed by atoms with Gasteiger partial charge in [-0.05, 0) is 51.3 Å². The maximum Gasteiger partial charge on any atom is 0.107 e. The predicted octanol–water partition coefficient (Wildman–Crippen LogP) is 2.20. The van der Waals surface area contributed by atoms with Gasteiger partial charge in [0.05, 0.1) is 25.4 Å². The van der Waals surface area contributed by atoms with Crippen LogP contribution in [0.5, 0.6) is 0 Å². The summed E-state index contributed by atoms with van der Waals surface area (Å²) >= 11 is 1.93. The first-order valence-electron chi connectivity index (χ1n) is 8.66. The molecule has 23 heavy (non-hydrogen) atoms. The van der Waals surface area contributed by atoms with Crippen LogP contribution < -0.4 is 0 Å². The lowest BCUT2D eigenvalue weighted by Gasteiger charge is -2.31. The standard InChI is InChI=1S/C17H24N4OS/c22-11-10-21-15(4-7-18-21)13-5-8-20(9-6-13)12-17-19-14-2-1-3-16(14)23-17/h4,7,13,22H,1-3,5-6,8-12H2. The second kappa shape index (κ2) is 6.71. The van der Waals surface area contributed by atoms with Crippen molar-refractivity contribution in [3.63, 3.8) is 0 Å². The number of aliphatic hydroxyl groups is 1. The molecule has 4 rings (SSSR count). The lowest BCUT2D eigenvalue weighted by atomic mass is 9.93. The van der Waals surface area contributed by atoms with Crippen LogP contribution in [0.2, 0.25) is 0 Å². The summed E-state index contributed by atoms with van der Waals surface area (Å²) in [5, 5.41) is 14.8. The van der Waals surface area contributed by atoms with E-state index < -0.39 is 0 Å². The molecule has 0 atom stereocenters. The molecule has 2 aromatic heterocycles. The van der Waals surface area contributed by atoms with Gasteiger partial charge in [-0.15, -0.1) is 11.3 Å². The van der Waals surface area contributed by atoms with Crippen molar-refractivity contribution in [2.24, 2.45) is 0 Å². The number of thiazole rings is 1. The van der Waals surface area contributed by atoms with Gasteiger partial charge in [0.2, 0.25) is 0 Å². The molecule has 1 aliphatic heterocycles. The van der Waals surface area contributed by atoms with Gasteiger partial charge in [0.1, 0.15) is 5.01 Å². The summed E-state index contributed by atoms with van der Waals surface area (Å²) in [5.41, 5.74) is 2.65. The second-order valence-electron chi connectivity index (χ2n) is 6.58. The molecular formula is C17H24N4OS. The van der Waals surface area contributed by atoms with Crippen LogP contribution in [-0.4, -0.2) is 44.5 Å². The molecule has 0 radical (unpaired) electrons. The first-order chi connectivity index (χ1) is 11.3. The third-order valence-corrected chi connectivity index (χ3v) is 6.21. The lowest BCUT2D eigenvalue weighted by molar-refractivity contribution is 0.198. The Morgan fingerprint density at radius 1 is 1.26 bits per heavy atom. The summed E-state index contributed by atoms with van der Waals surface area (Å²) in [6, 6.07) is 2.11. The van der Waals surface area contributed by atoms with E-state index in [-0.39, 0.29) is 6.61 Å². The molecule has 3 heterocycles. The highest BCUT2D eigenvalue weighted by Crippen LogP contribution is 2.31. The zero-order chi connectivity index (χ0) is 15.6. The molecule has 2 aromatic rings. The van der Waals surface area contributed by atoms with E-state index in [4.69, 9.17) is 10.1 Å². The third kappa shape index (κ3) is 3.20. The maximum atomic E-state index is 9.14. The number of aliphatic hydroxyl groups excluding tert-OH is 1. The third-order valence-electron chi connectivity index (χ3n) is 5.07. The summed E-state index contributed by atoms with van der Waals surface area (Å²) in [5.74, 6) is 0.571. The SMILES string of the molecule is OCCn1nccc1C1CCN(Cc2nc3c(s2)CCC3)CC1. The van der Waals surface area contributed by atoms with Crippen LogP contribution in [0.25, 0.3) is 0 Å². The normalized spacial score (nSPS) is 19.3. The Kier molecular flexibility index (Phi) is 4.46. The van der Waals surface area contributed by atoms with E-state index in [1.165, 1.54) is 53.4 Å². The molecule has 5 nitrogen and oxygen atoms in total. The number of rotatable bonds is 5. The summed E-state index contributed by atoms with van der Waals surface area (Å²) in [6.45, 7) is 4.02. The summed E-state index contributed by atoms with van der Waals surface area (Å²) < 4.78 is 1.96. The summed E-state index contributed by atoms with van der Waals surface area (Å²) in [6.07, 6.45) is 7.91. The fourth-order valence-corrected chi connectivity index (χ4v) is 5.06. The summed E-state index contributed by atoms with van der Waals surface area (Å²) in [7, 11) is 0. The number of aryl methyl sites for hydroxylation is 2. The van der Waals surface area contributed by atoms with E-state index in [1.54, 1.807) is 0 Å². The van der Waals surface area contributed by atoms with Crippen LogP contribution in [0, 0.1) is 0 Å². The highest BCUT2D eigenvalue weighted by Gasteiger charge is 2.24. The highest BCUT2D eigenvalue weighted by molar-refractivity contribution is 7.11. The molecule has 0 amide bonds. The first-order valence-corrected chi connectivity index (χ1v) is 9.47. The molecule has 0 unspecified atom stereocenters. The smallest absolute Gasteiger partial charge is 0.107 e. The van der Waals surface area contributed by atoms with Crippen LogP contribution in [0.4, 0.5) is 0 Å². The molecular weight excluding hydrogens is 308 g/mol. The number of likely N-dealkylation sites (tertiary alicyclic amines) is 1. The maximum absolute atomic E-state index is 9.14. The van der Waals surface area contributed by atoms with E-state index in [0.29, 0.717) is 12.5 Å². The zero-order valence-corrected chi connectivity index (χ0v) is 14.3. The van der Waals surface area contributed by atoms with Gasteiger partial charge in [-0.2, -0.15) is 5.10 Å². The van der Waals surface area contributed by atoms with Gasteiger partial charge in [-0.1, -0.05) is 0 Å². The lowest BCUT2D eigenvalue weighted by Crippen LogP contribution is -2.33. The molecule has 0 spiro atoms. The largest absolute Gasteiger partial charge is 0.394 e. The van der Waals surface area contributed by atoms with Crippen molar-refractivity contribution in [2.45, 2.75) is 51.1 Å². The van der Waals surface area contributed by atoms with Crippen LogP contribution >= 0.6 is 11.3 Å². The van der Waals surface area contributed by atoms with E-state index in [0.717, 1.165) is 19.6 Å². The minimum Gasteiger partial charge on any atom is -0.394 e. The molecule has 1 aliphatic carbocycles. The average Bonchev–Trinajstić information content (AvgIpc) is 3.24. The van der Waals surface area contributed by atoms with E-state index in [9.17, 15) is 0 Å². The highest BCUT2D eigenvalue weighted by atomic mass is 32.1. The molecule has 1 fully saturated rings. The van der Waals surface area contributed by atoms with Crippen molar-refractivity contribution >= 4 is 11.3 Å². The Hall–Kier alpha value is -1.24. The van der Waals surface area contributed by atoms with Gasteiger partial charge < -0.3 is 5.11 Å². The molecule has 2 aliphatic rings. The van der Waals surface area contributed by atoms with Gasteiger partial charge in [-0.3, -0.25) is 9.58 Å². The van der Waals surface area contributed by atoms with Gasteiger partial charge in [0.25, 0.3) is 0 Å². The van der Waals surface area contributed by atoms with Crippen LogP contribution in [0.15, 0.2) is 12.3 Å². The Morgan fingerprint density at radius 3 is 2.91 bits per heavy atom. The molecule has 1 saturated heterocycles. The number of aromatic nitrogens is 3. The van der Waals surface area contributed by atoms with Crippen LogP contribution in [0.3, 0.4) is 0 Å². The zero-order valence-electron chi connectivity index (χ0n) is 13.4. The van der Waals surface area contributed by atoms with E-state index in [1.807, 2.05) is 22.2 Å². The van der Waals surface area contributed by atoms with Gasteiger partial charge in [-0.25, -0.2) is 4.98 Å². The van der Waals surface area contributed by atoms with Crippen molar-refractivity contribution in [3.05, 3.63) is 33.5 Å². The minimum atomic E-state index is 0.155. The van der Waals surface area contributed by atoms with Crippen molar-refractivity contribution in [1.29, 1.82) is 0 Å². The van der Waals surface area contributed by atoms with Crippen LogP contribution in [0.1, 0.15) is 46.5 Å². The Bertz CT molecular complexity index is 636. The Labute approximate surface area is 141 Å². The number of nitrogens with zero attached hydrogens (tertiary/aromatic N) is 4. The van der Waals surface area contributed by atoms with Gasteiger partial charge >= 0.3 is 0 Å². The number of fused-ring (bicyclic) bond motifs is 1. The predicted molar refractivity (Wildman–Crippen MR) is 90.7 cm³/mol. The van der Waals surface area contributed by atoms with Crippen LogP contribution in [-0.2, 0) is 25.9 Å². The Balaban J connectivity index is 1.34. The molecule has 0 aromatic carbocycles. The first kappa shape index (κ1) is 15.3. The number of piperidine rings is 1. The minimum absolute atomic E-state index is 0.155. The second-order valence-corrected chi connectivity index (χ2v) is 7.75. The van der Waals surface area contributed by atoms with Crippen molar-refractivity contribution in [2.75, 3.05) is 19.7 Å². The van der Waals surface area contributed by atoms with Gasteiger partial charge in [0, 0.05) is 22.7 Å². The molecule has 1 N–H and O–H groups in total. The van der Waals surface area contributed by atoms with E-state index in [2.05, 4.69) is 16.1 Å².